The van der Waals surface area contributed by atoms with Gasteiger partial charge in [0.05, 0.1) is 0 Å². The Morgan fingerprint density at radius 3 is 1.50 bits per heavy atom. The van der Waals surface area contributed by atoms with Crippen molar-refractivity contribution in [2.24, 2.45) is 0 Å². The van der Waals surface area contributed by atoms with Gasteiger partial charge in [-0.05, 0) is 21.1 Å². The first-order chi connectivity index (χ1) is 4.34. The second kappa shape index (κ2) is 3.66. The average molecular weight is 176 g/mol. The average Bonchev–Trinajstić information content (AvgIpc) is 1.60. The van der Waals surface area contributed by atoms with Crippen molar-refractivity contribution in [1.82, 2.24) is 8.80 Å². The molecule has 0 amide bonds. The summed E-state index contributed by atoms with van der Waals surface area (Å²) in [5.41, 5.74) is 0. The lowest BCUT2D eigenvalue weighted by molar-refractivity contribution is 0.598. The Bertz CT molecular complexity index is 98.4. The van der Waals surface area contributed by atoms with Gasteiger partial charge in [-0.2, -0.15) is 0 Å². The molecular formula is C6H20N2Si2. The molecular weight excluding hydrogens is 156 g/mol. The number of hydrogen-bond donors (Lipinski definition) is 0. The first-order valence-corrected chi connectivity index (χ1v) is 8.41. The lowest BCUT2D eigenvalue weighted by atomic mass is 11.3. The molecule has 0 aromatic heterocycles. The Morgan fingerprint density at radius 2 is 1.40 bits per heavy atom. The minimum absolute atomic E-state index is 0.105. The van der Waals surface area contributed by atoms with Gasteiger partial charge >= 0.3 is 0 Å². The highest BCUT2D eigenvalue weighted by atomic mass is 28.4. The first-order valence-electron chi connectivity index (χ1n) is 3.70. The summed E-state index contributed by atoms with van der Waals surface area (Å²) in [5, 5.41) is 0. The summed E-state index contributed by atoms with van der Waals surface area (Å²) < 4.78 is 4.94. The molecule has 10 heavy (non-hydrogen) atoms. The van der Waals surface area contributed by atoms with Crippen molar-refractivity contribution in [3.8, 4) is 0 Å². The van der Waals surface area contributed by atoms with Crippen LogP contribution in [0.4, 0.5) is 0 Å². The lowest BCUT2D eigenvalue weighted by Crippen LogP contribution is -2.49. The lowest BCUT2D eigenvalue weighted by Gasteiger charge is -2.31. The Hall–Kier alpha value is 0.354. The van der Waals surface area contributed by atoms with Crippen LogP contribution in [0.5, 0.6) is 0 Å². The molecule has 0 aliphatic rings. The molecule has 0 bridgehead atoms. The SMILES string of the molecule is CN(C)[SiH2]N(C)[Si](C)(C)C. The van der Waals surface area contributed by atoms with E-state index in [1.54, 1.807) is 0 Å². The highest BCUT2D eigenvalue weighted by molar-refractivity contribution is 6.78. The van der Waals surface area contributed by atoms with Crippen molar-refractivity contribution in [2.75, 3.05) is 21.1 Å². The van der Waals surface area contributed by atoms with Crippen LogP contribution in [-0.4, -0.2) is 48.0 Å². The number of nitrogens with zero attached hydrogens (tertiary/aromatic N) is 2. The summed E-state index contributed by atoms with van der Waals surface area (Å²) in [6, 6.07) is 0. The summed E-state index contributed by atoms with van der Waals surface area (Å²) >= 11 is 0. The molecule has 0 atom stereocenters. The van der Waals surface area contributed by atoms with Crippen LogP contribution in [0.15, 0.2) is 0 Å². The summed E-state index contributed by atoms with van der Waals surface area (Å²) in [6.45, 7) is 7.18. The van der Waals surface area contributed by atoms with E-state index in [2.05, 4.69) is 49.6 Å². The van der Waals surface area contributed by atoms with E-state index in [0.717, 1.165) is 0 Å². The van der Waals surface area contributed by atoms with Gasteiger partial charge in [0, 0.05) is 0 Å². The fourth-order valence-electron chi connectivity index (χ4n) is 0.636. The van der Waals surface area contributed by atoms with Crippen molar-refractivity contribution in [2.45, 2.75) is 19.6 Å². The van der Waals surface area contributed by atoms with Crippen molar-refractivity contribution >= 4 is 18.1 Å². The molecule has 0 saturated heterocycles. The van der Waals surface area contributed by atoms with E-state index < -0.39 is 8.24 Å². The Balaban J connectivity index is 3.73. The second-order valence-corrected chi connectivity index (χ2v) is 12.3. The van der Waals surface area contributed by atoms with E-state index in [9.17, 15) is 0 Å². The zero-order valence-corrected chi connectivity index (χ0v) is 10.5. The van der Waals surface area contributed by atoms with E-state index in [-0.39, 0.29) is 9.84 Å². The van der Waals surface area contributed by atoms with E-state index >= 15 is 0 Å². The molecule has 0 aromatic rings. The highest BCUT2D eigenvalue weighted by Gasteiger charge is 2.19. The van der Waals surface area contributed by atoms with Crippen LogP contribution in [-0.2, 0) is 0 Å². The summed E-state index contributed by atoms with van der Waals surface area (Å²) in [4.78, 5) is 0. The van der Waals surface area contributed by atoms with E-state index in [1.165, 1.54) is 0 Å². The first kappa shape index (κ1) is 10.4. The largest absolute Gasteiger partial charge is 0.341 e. The zero-order valence-electron chi connectivity index (χ0n) is 8.10. The molecule has 0 radical (unpaired) electrons. The molecule has 0 heterocycles. The quantitative estimate of drug-likeness (QED) is 0.571. The minimum atomic E-state index is -0.970. The van der Waals surface area contributed by atoms with Crippen LogP contribution in [0.3, 0.4) is 0 Å². The van der Waals surface area contributed by atoms with E-state index in [4.69, 9.17) is 0 Å². The maximum atomic E-state index is 2.59. The molecule has 4 heteroatoms. The van der Waals surface area contributed by atoms with Crippen LogP contribution >= 0.6 is 0 Å². The molecule has 0 aliphatic carbocycles. The summed E-state index contributed by atoms with van der Waals surface area (Å²) in [6.07, 6.45) is 0. The van der Waals surface area contributed by atoms with Crippen molar-refractivity contribution < 1.29 is 0 Å². The molecule has 0 N–H and O–H groups in total. The van der Waals surface area contributed by atoms with Crippen LogP contribution in [0.2, 0.25) is 19.6 Å². The van der Waals surface area contributed by atoms with Crippen LogP contribution < -0.4 is 0 Å². The van der Waals surface area contributed by atoms with E-state index in [1.807, 2.05) is 0 Å². The molecule has 0 saturated carbocycles. The van der Waals surface area contributed by atoms with Gasteiger partial charge < -0.3 is 8.80 Å². The van der Waals surface area contributed by atoms with Gasteiger partial charge in [0.1, 0.15) is 8.24 Å². The van der Waals surface area contributed by atoms with Crippen molar-refractivity contribution in [3.05, 3.63) is 0 Å². The van der Waals surface area contributed by atoms with Crippen molar-refractivity contribution in [3.63, 3.8) is 0 Å². The molecule has 0 fully saturated rings. The normalized spacial score (nSPS) is 14.4. The molecule has 0 aliphatic heterocycles. The van der Waals surface area contributed by atoms with E-state index in [0.29, 0.717) is 0 Å². The van der Waals surface area contributed by atoms with Crippen molar-refractivity contribution in [1.29, 1.82) is 0 Å². The molecule has 62 valence electrons. The molecule has 0 unspecified atom stereocenters. The third-order valence-corrected chi connectivity index (χ3v) is 8.19. The Kier molecular flexibility index (Phi) is 3.79. The third kappa shape index (κ3) is 4.21. The predicted octanol–water partition coefficient (Wildman–Crippen LogP) is 0.313. The van der Waals surface area contributed by atoms with Gasteiger partial charge in [-0.1, -0.05) is 19.6 Å². The fourth-order valence-corrected chi connectivity index (χ4v) is 4.03. The molecule has 2 nitrogen and oxygen atoms in total. The standard InChI is InChI=1S/C6H20N2Si2/c1-7(2)9-8(3)10(4,5)6/h9H2,1-6H3. The van der Waals surface area contributed by atoms with Crippen LogP contribution in [0, 0.1) is 0 Å². The highest BCUT2D eigenvalue weighted by Crippen LogP contribution is 2.03. The van der Waals surface area contributed by atoms with Crippen LogP contribution in [0.1, 0.15) is 0 Å². The molecule has 0 aromatic carbocycles. The second-order valence-electron chi connectivity index (χ2n) is 4.09. The smallest absolute Gasteiger partial charge is 0.165 e. The molecule has 0 rings (SSSR count). The topological polar surface area (TPSA) is 6.48 Å². The summed E-state index contributed by atoms with van der Waals surface area (Å²) in [7, 11) is 5.53. The zero-order chi connectivity index (χ0) is 8.36. The fraction of sp³-hybridized carbons (Fsp3) is 1.00. The third-order valence-electron chi connectivity index (χ3n) is 1.64. The Morgan fingerprint density at radius 1 is 1.00 bits per heavy atom. The van der Waals surface area contributed by atoms with Gasteiger partial charge in [0.15, 0.2) is 9.84 Å². The monoisotopic (exact) mass is 176 g/mol. The maximum Gasteiger partial charge on any atom is 0.165 e. The van der Waals surface area contributed by atoms with Gasteiger partial charge in [-0.15, -0.1) is 0 Å². The predicted molar refractivity (Wildman–Crippen MR) is 53.3 cm³/mol. The minimum Gasteiger partial charge on any atom is -0.341 e. The summed E-state index contributed by atoms with van der Waals surface area (Å²) in [5.74, 6) is 0. The van der Waals surface area contributed by atoms with Gasteiger partial charge in [0.2, 0.25) is 0 Å². The number of rotatable bonds is 3. The van der Waals surface area contributed by atoms with Gasteiger partial charge in [0.25, 0.3) is 0 Å². The maximum absolute atomic E-state index is 2.59. The Labute approximate surface area is 68.3 Å². The van der Waals surface area contributed by atoms with Gasteiger partial charge in [-0.3, -0.25) is 0 Å². The molecule has 0 spiro atoms. The van der Waals surface area contributed by atoms with Gasteiger partial charge in [-0.25, -0.2) is 0 Å². The number of hydrogen-bond acceptors (Lipinski definition) is 2. The van der Waals surface area contributed by atoms with Crippen LogP contribution in [0.25, 0.3) is 0 Å².